The summed E-state index contributed by atoms with van der Waals surface area (Å²) in [4.78, 5) is 0. The third kappa shape index (κ3) is 1.07. The molecule has 0 aromatic rings. The van der Waals surface area contributed by atoms with Crippen LogP contribution in [0.1, 0.15) is 6.42 Å². The van der Waals surface area contributed by atoms with Gasteiger partial charge in [-0.3, -0.25) is 0 Å². The van der Waals surface area contributed by atoms with Crippen molar-refractivity contribution in [3.05, 3.63) is 0 Å². The van der Waals surface area contributed by atoms with Crippen LogP contribution in [0.2, 0.25) is 0 Å². The highest BCUT2D eigenvalue weighted by Crippen LogP contribution is 2.16. The van der Waals surface area contributed by atoms with E-state index in [0.29, 0.717) is 6.42 Å². The molecule has 0 bridgehead atoms. The summed E-state index contributed by atoms with van der Waals surface area (Å²) in [5.41, 5.74) is 10.7. The van der Waals surface area contributed by atoms with Crippen molar-refractivity contribution in [2.45, 2.75) is 30.7 Å². The van der Waals surface area contributed by atoms with Gasteiger partial charge in [-0.1, -0.05) is 0 Å². The molecule has 9 heavy (non-hydrogen) atoms. The summed E-state index contributed by atoms with van der Waals surface area (Å²) in [6.45, 7) is 0. The Morgan fingerprint density at radius 3 is 1.44 bits per heavy atom. The number of aliphatic hydroxyl groups excluding tert-OH is 2. The zero-order valence-corrected chi connectivity index (χ0v) is 5.07. The Kier molecular flexibility index (Phi) is 1.72. The number of rotatable bonds is 0. The van der Waals surface area contributed by atoms with Crippen LogP contribution in [0.15, 0.2) is 0 Å². The number of hydrogen-bond acceptors (Lipinski definition) is 4. The van der Waals surface area contributed by atoms with Gasteiger partial charge in [0.05, 0.1) is 12.2 Å². The fourth-order valence-electron chi connectivity index (χ4n) is 1.10. The summed E-state index contributed by atoms with van der Waals surface area (Å²) < 4.78 is 0. The minimum Gasteiger partial charge on any atom is -0.389 e. The van der Waals surface area contributed by atoms with Gasteiger partial charge in [0.2, 0.25) is 0 Å². The van der Waals surface area contributed by atoms with E-state index in [2.05, 4.69) is 0 Å². The fraction of sp³-hybridized carbons (Fsp3) is 1.00. The van der Waals surface area contributed by atoms with Gasteiger partial charge in [0.1, 0.15) is 0 Å². The number of hydrogen-bond donors (Lipinski definition) is 4. The summed E-state index contributed by atoms with van der Waals surface area (Å²) in [5.74, 6) is 0. The monoisotopic (exact) mass is 132 g/mol. The Morgan fingerprint density at radius 2 is 1.33 bits per heavy atom. The topological polar surface area (TPSA) is 92.5 Å². The van der Waals surface area contributed by atoms with Crippen molar-refractivity contribution in [1.82, 2.24) is 0 Å². The van der Waals surface area contributed by atoms with Crippen molar-refractivity contribution < 1.29 is 10.2 Å². The summed E-state index contributed by atoms with van der Waals surface area (Å²) >= 11 is 0. The van der Waals surface area contributed by atoms with Gasteiger partial charge in [0.25, 0.3) is 0 Å². The maximum Gasteiger partial charge on any atom is 0.0965 e. The first-order valence-electron chi connectivity index (χ1n) is 3.00. The molecule has 0 aliphatic heterocycles. The van der Waals surface area contributed by atoms with Crippen LogP contribution in [0.5, 0.6) is 0 Å². The van der Waals surface area contributed by atoms with Crippen LogP contribution >= 0.6 is 0 Å². The van der Waals surface area contributed by atoms with E-state index < -0.39 is 12.2 Å². The lowest BCUT2D eigenvalue weighted by molar-refractivity contribution is 0.0297. The molecule has 1 saturated carbocycles. The molecule has 6 N–H and O–H groups in total. The molecule has 1 fully saturated rings. The Labute approximate surface area is 53.5 Å². The average molecular weight is 132 g/mol. The Balaban J connectivity index is 2.54. The second kappa shape index (κ2) is 2.22. The van der Waals surface area contributed by atoms with Gasteiger partial charge in [-0.05, 0) is 6.42 Å². The van der Waals surface area contributed by atoms with Crippen LogP contribution in [-0.2, 0) is 0 Å². The third-order valence-electron chi connectivity index (χ3n) is 1.77. The van der Waals surface area contributed by atoms with Gasteiger partial charge in [-0.25, -0.2) is 0 Å². The summed E-state index contributed by atoms with van der Waals surface area (Å²) in [5, 5.41) is 18.0. The van der Waals surface area contributed by atoms with E-state index in [-0.39, 0.29) is 12.1 Å². The smallest absolute Gasteiger partial charge is 0.0965 e. The number of nitrogens with two attached hydrogens (primary N) is 2. The van der Waals surface area contributed by atoms with Gasteiger partial charge >= 0.3 is 0 Å². The zero-order chi connectivity index (χ0) is 7.02. The molecule has 4 heteroatoms. The molecule has 1 aliphatic rings. The second-order valence-electron chi connectivity index (χ2n) is 2.54. The molecular weight excluding hydrogens is 120 g/mol. The third-order valence-corrected chi connectivity index (χ3v) is 1.77. The first-order chi connectivity index (χ1) is 4.13. The van der Waals surface area contributed by atoms with E-state index in [9.17, 15) is 0 Å². The van der Waals surface area contributed by atoms with Crippen molar-refractivity contribution in [3.63, 3.8) is 0 Å². The fourth-order valence-corrected chi connectivity index (χ4v) is 1.10. The number of aliphatic hydroxyl groups is 2. The van der Waals surface area contributed by atoms with Crippen molar-refractivity contribution in [3.8, 4) is 0 Å². The molecule has 0 amide bonds. The first kappa shape index (κ1) is 6.95. The van der Waals surface area contributed by atoms with E-state index in [4.69, 9.17) is 21.7 Å². The minimum absolute atomic E-state index is 0.352. The van der Waals surface area contributed by atoms with E-state index in [1.165, 1.54) is 0 Å². The van der Waals surface area contributed by atoms with Gasteiger partial charge < -0.3 is 21.7 Å². The lowest BCUT2D eigenvalue weighted by Crippen LogP contribution is -2.38. The highest BCUT2D eigenvalue weighted by molar-refractivity contribution is 4.95. The Morgan fingerprint density at radius 1 is 1.00 bits per heavy atom. The maximum atomic E-state index is 8.98. The minimum atomic E-state index is -0.833. The highest BCUT2D eigenvalue weighted by atomic mass is 16.3. The van der Waals surface area contributed by atoms with Crippen molar-refractivity contribution in [2.75, 3.05) is 0 Å². The molecule has 1 aliphatic carbocycles. The molecule has 0 radical (unpaired) electrons. The molecule has 54 valence electrons. The summed E-state index contributed by atoms with van der Waals surface area (Å²) in [7, 11) is 0. The van der Waals surface area contributed by atoms with Crippen molar-refractivity contribution in [1.29, 1.82) is 0 Å². The predicted octanol–water partition coefficient (Wildman–Crippen LogP) is -2.23. The van der Waals surface area contributed by atoms with Gasteiger partial charge in [0.15, 0.2) is 0 Å². The zero-order valence-electron chi connectivity index (χ0n) is 5.07. The van der Waals surface area contributed by atoms with Gasteiger partial charge in [0, 0.05) is 12.1 Å². The summed E-state index contributed by atoms with van der Waals surface area (Å²) in [6, 6.07) is -0.704. The Hall–Kier alpha value is -0.160. The van der Waals surface area contributed by atoms with Crippen molar-refractivity contribution >= 4 is 0 Å². The van der Waals surface area contributed by atoms with Gasteiger partial charge in [-0.15, -0.1) is 0 Å². The van der Waals surface area contributed by atoms with Crippen LogP contribution in [0.25, 0.3) is 0 Å². The highest BCUT2D eigenvalue weighted by Gasteiger charge is 2.36. The lowest BCUT2D eigenvalue weighted by Gasteiger charge is -2.11. The van der Waals surface area contributed by atoms with E-state index in [1.807, 2.05) is 0 Å². The van der Waals surface area contributed by atoms with E-state index in [1.54, 1.807) is 0 Å². The lowest BCUT2D eigenvalue weighted by atomic mass is 10.2. The first-order valence-corrected chi connectivity index (χ1v) is 3.00. The molecule has 0 aromatic heterocycles. The molecule has 0 heterocycles. The second-order valence-corrected chi connectivity index (χ2v) is 2.54. The maximum absolute atomic E-state index is 8.98. The molecule has 0 saturated heterocycles. The van der Waals surface area contributed by atoms with Crippen LogP contribution < -0.4 is 11.5 Å². The van der Waals surface area contributed by atoms with E-state index in [0.717, 1.165) is 0 Å². The van der Waals surface area contributed by atoms with Crippen LogP contribution in [0.3, 0.4) is 0 Å². The molecule has 4 nitrogen and oxygen atoms in total. The molecule has 0 aromatic carbocycles. The van der Waals surface area contributed by atoms with Crippen LogP contribution in [0, 0.1) is 0 Å². The van der Waals surface area contributed by atoms with E-state index >= 15 is 0 Å². The molecular formula is C5H12N2O2. The molecule has 1 rings (SSSR count). The SMILES string of the molecule is NC1CC(N)C(O)C1O. The quantitative estimate of drug-likeness (QED) is 0.300. The van der Waals surface area contributed by atoms with Crippen LogP contribution in [0.4, 0.5) is 0 Å². The average Bonchev–Trinajstić information content (AvgIpc) is 1.98. The Bertz CT molecular complexity index is 97.1. The molecule has 4 unspecified atom stereocenters. The normalized spacial score (nSPS) is 52.0. The van der Waals surface area contributed by atoms with Crippen molar-refractivity contribution in [2.24, 2.45) is 11.5 Å². The largest absolute Gasteiger partial charge is 0.389 e. The standard InChI is InChI=1S/C5H12N2O2/c6-2-1-3(7)5(9)4(2)8/h2-5,8-9H,1,6-7H2. The summed E-state index contributed by atoms with van der Waals surface area (Å²) in [6.07, 6.45) is -1.16. The molecule has 4 atom stereocenters. The predicted molar refractivity (Wildman–Crippen MR) is 32.6 cm³/mol. The van der Waals surface area contributed by atoms with Crippen LogP contribution in [-0.4, -0.2) is 34.5 Å². The molecule has 0 spiro atoms. The van der Waals surface area contributed by atoms with Gasteiger partial charge in [-0.2, -0.15) is 0 Å².